The number of hydrogen-bond donors (Lipinski definition) is 1. The van der Waals surface area contributed by atoms with Crippen LogP contribution in [-0.2, 0) is 11.2 Å². The van der Waals surface area contributed by atoms with Gasteiger partial charge >= 0.3 is 6.09 Å². The molecule has 0 bridgehead atoms. The van der Waals surface area contributed by atoms with Crippen LogP contribution in [0.2, 0.25) is 0 Å². The zero-order valence-corrected chi connectivity index (χ0v) is 12.8. The quantitative estimate of drug-likeness (QED) is 0.893. The van der Waals surface area contributed by atoms with Crippen LogP contribution >= 0.6 is 0 Å². The van der Waals surface area contributed by atoms with Crippen molar-refractivity contribution in [3.63, 3.8) is 0 Å². The number of carbonyl (C=O) groups is 1. The molecule has 0 saturated carbocycles. The number of benzene rings is 1. The number of carbonyl (C=O) groups excluding carboxylic acids is 1. The third kappa shape index (κ3) is 3.27. The van der Waals surface area contributed by atoms with Gasteiger partial charge < -0.3 is 24.8 Å². The largest absolute Gasteiger partial charge is 0.486 e. The number of ether oxygens (including phenoxy) is 3. The van der Waals surface area contributed by atoms with Gasteiger partial charge in [0.2, 0.25) is 0 Å². The minimum atomic E-state index is -0.237. The van der Waals surface area contributed by atoms with Crippen molar-refractivity contribution in [2.24, 2.45) is 5.73 Å². The van der Waals surface area contributed by atoms with Crippen LogP contribution in [0.5, 0.6) is 11.5 Å². The Bertz CT molecular complexity index is 549. The number of hydrogen-bond acceptors (Lipinski definition) is 5. The van der Waals surface area contributed by atoms with Crippen LogP contribution in [0, 0.1) is 0 Å². The fourth-order valence-electron chi connectivity index (χ4n) is 2.78. The maximum absolute atomic E-state index is 11.5. The summed E-state index contributed by atoms with van der Waals surface area (Å²) in [5, 5.41) is 0. The third-order valence-electron chi connectivity index (χ3n) is 4.06. The molecule has 3 rings (SSSR count). The zero-order valence-electron chi connectivity index (χ0n) is 12.8. The van der Waals surface area contributed by atoms with Gasteiger partial charge in [-0.05, 0) is 37.5 Å². The van der Waals surface area contributed by atoms with Gasteiger partial charge in [0.15, 0.2) is 11.5 Å². The number of cyclic esters (lactones) is 1. The van der Waals surface area contributed by atoms with E-state index in [0.717, 1.165) is 29.9 Å². The minimum Gasteiger partial charge on any atom is -0.486 e. The van der Waals surface area contributed by atoms with E-state index in [9.17, 15) is 4.79 Å². The lowest BCUT2D eigenvalue weighted by molar-refractivity contribution is 0.157. The highest BCUT2D eigenvalue weighted by Crippen LogP contribution is 2.31. The Morgan fingerprint density at radius 3 is 2.77 bits per heavy atom. The summed E-state index contributed by atoms with van der Waals surface area (Å²) in [6, 6.07) is 6.05. The highest BCUT2D eigenvalue weighted by atomic mass is 16.6. The topological polar surface area (TPSA) is 74.0 Å². The number of rotatable bonds is 5. The van der Waals surface area contributed by atoms with Crippen molar-refractivity contribution < 1.29 is 19.0 Å². The van der Waals surface area contributed by atoms with Gasteiger partial charge in [-0.25, -0.2) is 4.79 Å². The molecule has 6 heteroatoms. The second kappa shape index (κ2) is 6.44. The molecule has 2 aliphatic rings. The van der Waals surface area contributed by atoms with E-state index in [1.807, 2.05) is 25.1 Å². The summed E-state index contributed by atoms with van der Waals surface area (Å²) in [4.78, 5) is 13.3. The zero-order chi connectivity index (χ0) is 15.5. The molecule has 1 aromatic rings. The van der Waals surface area contributed by atoms with Gasteiger partial charge in [-0.3, -0.25) is 0 Å². The van der Waals surface area contributed by atoms with Crippen LogP contribution in [0.3, 0.4) is 0 Å². The molecular weight excluding hydrogens is 284 g/mol. The second-order valence-corrected chi connectivity index (χ2v) is 5.85. The van der Waals surface area contributed by atoms with E-state index in [1.54, 1.807) is 4.90 Å². The standard InChI is InChI=1S/C16H22N2O4/c1-11-10-22-16(19)18(11)5-4-13(17)8-12-2-3-14-15(9-12)21-7-6-20-14/h2-3,9,11,13H,4-8,10,17H2,1H3. The number of fused-ring (bicyclic) bond motifs is 1. The van der Waals surface area contributed by atoms with E-state index in [2.05, 4.69) is 0 Å². The maximum atomic E-state index is 11.5. The molecule has 22 heavy (non-hydrogen) atoms. The average molecular weight is 306 g/mol. The molecule has 2 aliphatic heterocycles. The van der Waals surface area contributed by atoms with Gasteiger partial charge in [0.25, 0.3) is 0 Å². The molecule has 1 saturated heterocycles. The summed E-state index contributed by atoms with van der Waals surface area (Å²) < 4.78 is 16.1. The Morgan fingerprint density at radius 2 is 2.05 bits per heavy atom. The molecule has 0 aliphatic carbocycles. The van der Waals surface area contributed by atoms with Crippen LogP contribution in [0.25, 0.3) is 0 Å². The summed E-state index contributed by atoms with van der Waals surface area (Å²) >= 11 is 0. The molecule has 2 heterocycles. The number of nitrogens with two attached hydrogens (primary N) is 1. The number of amides is 1. The lowest BCUT2D eigenvalue weighted by atomic mass is 10.0. The second-order valence-electron chi connectivity index (χ2n) is 5.85. The predicted molar refractivity (Wildman–Crippen MR) is 81.2 cm³/mol. The van der Waals surface area contributed by atoms with E-state index in [1.165, 1.54) is 0 Å². The summed E-state index contributed by atoms with van der Waals surface area (Å²) in [6.45, 7) is 4.26. The van der Waals surface area contributed by atoms with Crippen LogP contribution in [0.4, 0.5) is 4.79 Å². The molecule has 120 valence electrons. The van der Waals surface area contributed by atoms with Crippen molar-refractivity contribution >= 4 is 6.09 Å². The lowest BCUT2D eigenvalue weighted by Crippen LogP contribution is -2.36. The smallest absolute Gasteiger partial charge is 0.410 e. The lowest BCUT2D eigenvalue weighted by Gasteiger charge is -2.21. The molecule has 6 nitrogen and oxygen atoms in total. The normalized spacial score (nSPS) is 21.6. The Balaban J connectivity index is 1.53. The van der Waals surface area contributed by atoms with E-state index in [0.29, 0.717) is 26.4 Å². The first kappa shape index (κ1) is 15.0. The van der Waals surface area contributed by atoms with Crippen molar-refractivity contribution in [3.8, 4) is 11.5 Å². The highest BCUT2D eigenvalue weighted by molar-refractivity contribution is 5.69. The summed E-state index contributed by atoms with van der Waals surface area (Å²) in [6.07, 6.45) is 1.25. The Kier molecular flexibility index (Phi) is 4.38. The Morgan fingerprint density at radius 1 is 1.27 bits per heavy atom. The van der Waals surface area contributed by atoms with E-state index in [4.69, 9.17) is 19.9 Å². The predicted octanol–water partition coefficient (Wildman–Crippen LogP) is 1.56. The van der Waals surface area contributed by atoms with Crippen molar-refractivity contribution in [1.29, 1.82) is 0 Å². The van der Waals surface area contributed by atoms with E-state index in [-0.39, 0.29) is 18.2 Å². The minimum absolute atomic E-state index is 0.0110. The SMILES string of the molecule is CC1COC(=O)N1CCC(N)Cc1ccc2c(c1)OCCO2. The highest BCUT2D eigenvalue weighted by Gasteiger charge is 2.29. The van der Waals surface area contributed by atoms with E-state index < -0.39 is 0 Å². The summed E-state index contributed by atoms with van der Waals surface area (Å²) in [7, 11) is 0. The summed E-state index contributed by atoms with van der Waals surface area (Å²) in [5.41, 5.74) is 7.32. The van der Waals surface area contributed by atoms with Gasteiger partial charge in [0.05, 0.1) is 6.04 Å². The molecule has 2 N–H and O–H groups in total. The van der Waals surface area contributed by atoms with Gasteiger partial charge in [-0.15, -0.1) is 0 Å². The van der Waals surface area contributed by atoms with Crippen LogP contribution in [-0.4, -0.2) is 49.4 Å². The van der Waals surface area contributed by atoms with Crippen LogP contribution in [0.15, 0.2) is 18.2 Å². The molecule has 1 fully saturated rings. The van der Waals surface area contributed by atoms with E-state index >= 15 is 0 Å². The van der Waals surface area contributed by atoms with Crippen LogP contribution in [0.1, 0.15) is 18.9 Å². The molecule has 2 unspecified atom stereocenters. The molecule has 1 aromatic carbocycles. The fraction of sp³-hybridized carbons (Fsp3) is 0.562. The fourth-order valence-corrected chi connectivity index (χ4v) is 2.78. The molecule has 1 amide bonds. The maximum Gasteiger partial charge on any atom is 0.410 e. The van der Waals surface area contributed by atoms with Crippen molar-refractivity contribution in [2.45, 2.75) is 31.8 Å². The molecule has 2 atom stereocenters. The van der Waals surface area contributed by atoms with Gasteiger partial charge in [0, 0.05) is 12.6 Å². The first-order valence-electron chi connectivity index (χ1n) is 7.71. The van der Waals surface area contributed by atoms with Crippen LogP contribution < -0.4 is 15.2 Å². The molecule has 0 aromatic heterocycles. The first-order valence-corrected chi connectivity index (χ1v) is 7.71. The first-order chi connectivity index (χ1) is 10.6. The summed E-state index contributed by atoms with van der Waals surface area (Å²) in [5.74, 6) is 1.57. The molecule has 0 spiro atoms. The average Bonchev–Trinajstić information content (AvgIpc) is 2.84. The Labute approximate surface area is 130 Å². The monoisotopic (exact) mass is 306 g/mol. The van der Waals surface area contributed by atoms with Crippen molar-refractivity contribution in [2.75, 3.05) is 26.4 Å². The number of nitrogens with zero attached hydrogens (tertiary/aromatic N) is 1. The molecular formula is C16H22N2O4. The van der Waals surface area contributed by atoms with Gasteiger partial charge in [-0.1, -0.05) is 6.07 Å². The Hall–Kier alpha value is -1.95. The molecule has 0 radical (unpaired) electrons. The van der Waals surface area contributed by atoms with Crippen molar-refractivity contribution in [3.05, 3.63) is 23.8 Å². The van der Waals surface area contributed by atoms with Crippen molar-refractivity contribution in [1.82, 2.24) is 4.90 Å². The van der Waals surface area contributed by atoms with Gasteiger partial charge in [-0.2, -0.15) is 0 Å². The van der Waals surface area contributed by atoms with Gasteiger partial charge in [0.1, 0.15) is 19.8 Å². The third-order valence-corrected chi connectivity index (χ3v) is 4.06.